The van der Waals surface area contributed by atoms with Gasteiger partial charge in [0.2, 0.25) is 11.8 Å². The molecule has 2 rings (SSSR count). The Hall–Kier alpha value is -2.79. The highest BCUT2D eigenvalue weighted by atomic mass is 16.6. The molecular formula is C20H30N4O7. The molecule has 3 unspecified atom stereocenters. The molecule has 31 heavy (non-hydrogen) atoms. The highest BCUT2D eigenvalue weighted by Gasteiger charge is 2.50. The van der Waals surface area contributed by atoms with Crippen LogP contribution in [0.1, 0.15) is 43.4 Å². The van der Waals surface area contributed by atoms with E-state index in [4.69, 9.17) is 14.0 Å². The molecule has 0 aromatic carbocycles. The average Bonchev–Trinajstić information content (AvgIpc) is 3.30. The van der Waals surface area contributed by atoms with Crippen LogP contribution >= 0.6 is 0 Å². The third kappa shape index (κ3) is 7.14. The van der Waals surface area contributed by atoms with Crippen LogP contribution in [0.4, 0.5) is 0 Å². The number of methoxy groups -OCH3 is 1. The number of aryl methyl sites for hydroxylation is 1. The lowest BCUT2D eigenvalue weighted by molar-refractivity contribution is -0.131. The van der Waals surface area contributed by atoms with Crippen LogP contribution in [0.25, 0.3) is 0 Å². The van der Waals surface area contributed by atoms with Gasteiger partial charge in [-0.05, 0) is 26.2 Å². The molecule has 0 bridgehead atoms. The smallest absolute Gasteiger partial charge is 0.274 e. The van der Waals surface area contributed by atoms with Gasteiger partial charge in [0.05, 0.1) is 25.8 Å². The van der Waals surface area contributed by atoms with Crippen molar-refractivity contribution >= 4 is 23.5 Å². The Morgan fingerprint density at radius 3 is 2.42 bits per heavy atom. The third-order valence-corrected chi connectivity index (χ3v) is 4.70. The molecule has 1 saturated heterocycles. The first kappa shape index (κ1) is 24.5. The summed E-state index contributed by atoms with van der Waals surface area (Å²) in [5.41, 5.74) is -0.835. The lowest BCUT2D eigenvalue weighted by Gasteiger charge is -2.22. The van der Waals surface area contributed by atoms with Crippen molar-refractivity contribution in [1.82, 2.24) is 21.1 Å². The lowest BCUT2D eigenvalue weighted by atomic mass is 9.93. The van der Waals surface area contributed by atoms with E-state index in [1.807, 2.05) is 13.8 Å². The van der Waals surface area contributed by atoms with Gasteiger partial charge in [0, 0.05) is 13.2 Å². The van der Waals surface area contributed by atoms with E-state index in [9.17, 15) is 19.2 Å². The maximum Gasteiger partial charge on any atom is 0.274 e. The van der Waals surface area contributed by atoms with Gasteiger partial charge < -0.3 is 29.9 Å². The van der Waals surface area contributed by atoms with E-state index in [1.54, 1.807) is 13.8 Å². The van der Waals surface area contributed by atoms with Crippen molar-refractivity contribution in [2.24, 2.45) is 5.92 Å². The molecule has 1 fully saturated rings. The standard InChI is InChI=1S/C20H30N4O7/c1-11(2)6-13(17(26)20(4)10-30-20)22-16(25)8-21-18(27)15(9-29-5)23-19(28)14-7-12(3)31-24-14/h7,11,13,15H,6,8-10H2,1-5H3,(H,21,27)(H,22,25)(H,23,28). The van der Waals surface area contributed by atoms with Crippen molar-refractivity contribution in [1.29, 1.82) is 0 Å². The number of Topliss-reactive ketones (excluding diaryl/α,β-unsaturated/α-hetero) is 1. The van der Waals surface area contributed by atoms with Gasteiger partial charge in [-0.3, -0.25) is 19.2 Å². The topological polar surface area (TPSA) is 152 Å². The van der Waals surface area contributed by atoms with Gasteiger partial charge in [-0.15, -0.1) is 0 Å². The summed E-state index contributed by atoms with van der Waals surface area (Å²) in [6, 6.07) is -0.323. The third-order valence-electron chi connectivity index (χ3n) is 4.70. The number of ether oxygens (including phenoxy) is 2. The largest absolute Gasteiger partial charge is 0.382 e. The zero-order chi connectivity index (χ0) is 23.2. The number of hydrogen-bond acceptors (Lipinski definition) is 8. The van der Waals surface area contributed by atoms with Crippen molar-refractivity contribution in [3.63, 3.8) is 0 Å². The fourth-order valence-electron chi connectivity index (χ4n) is 2.91. The molecule has 0 aliphatic carbocycles. The van der Waals surface area contributed by atoms with Gasteiger partial charge in [-0.25, -0.2) is 0 Å². The lowest BCUT2D eigenvalue weighted by Crippen LogP contribution is -2.53. The fourth-order valence-corrected chi connectivity index (χ4v) is 2.91. The normalized spacial score (nSPS) is 19.4. The van der Waals surface area contributed by atoms with E-state index in [0.29, 0.717) is 18.8 Å². The Labute approximate surface area is 180 Å². The van der Waals surface area contributed by atoms with Gasteiger partial charge in [0.1, 0.15) is 17.4 Å². The number of amides is 3. The number of ketones is 1. The summed E-state index contributed by atoms with van der Waals surface area (Å²) in [5, 5.41) is 11.2. The number of nitrogens with one attached hydrogen (secondary N) is 3. The molecule has 0 radical (unpaired) electrons. The van der Waals surface area contributed by atoms with Crippen molar-refractivity contribution in [3.8, 4) is 0 Å². The summed E-state index contributed by atoms with van der Waals surface area (Å²) >= 11 is 0. The molecule has 0 saturated carbocycles. The molecule has 172 valence electrons. The Bertz CT molecular complexity index is 816. The van der Waals surface area contributed by atoms with Crippen LogP contribution in [0.2, 0.25) is 0 Å². The summed E-state index contributed by atoms with van der Waals surface area (Å²) in [7, 11) is 1.38. The molecule has 2 heterocycles. The first-order valence-corrected chi connectivity index (χ1v) is 10.0. The second kappa shape index (κ2) is 10.5. The van der Waals surface area contributed by atoms with Gasteiger partial charge in [-0.1, -0.05) is 19.0 Å². The van der Waals surface area contributed by atoms with Gasteiger partial charge in [0.25, 0.3) is 5.91 Å². The van der Waals surface area contributed by atoms with Crippen molar-refractivity contribution in [2.75, 3.05) is 26.9 Å². The van der Waals surface area contributed by atoms with Crippen LogP contribution in [0.3, 0.4) is 0 Å². The van der Waals surface area contributed by atoms with Crippen LogP contribution in [0, 0.1) is 12.8 Å². The molecule has 11 heteroatoms. The number of nitrogens with zero attached hydrogens (tertiary/aromatic N) is 1. The maximum absolute atomic E-state index is 12.6. The minimum absolute atomic E-state index is 0.0231. The first-order chi connectivity index (χ1) is 14.6. The zero-order valence-corrected chi connectivity index (χ0v) is 18.4. The number of rotatable bonds is 12. The molecule has 1 aromatic rings. The van der Waals surface area contributed by atoms with Gasteiger partial charge in [-0.2, -0.15) is 0 Å². The molecular weight excluding hydrogens is 408 g/mol. The summed E-state index contributed by atoms with van der Waals surface area (Å²) in [6.07, 6.45) is 0.455. The van der Waals surface area contributed by atoms with E-state index < -0.39 is 35.4 Å². The number of aromatic nitrogens is 1. The van der Waals surface area contributed by atoms with Gasteiger partial charge >= 0.3 is 0 Å². The number of carbonyl (C=O) groups is 4. The zero-order valence-electron chi connectivity index (χ0n) is 18.4. The van der Waals surface area contributed by atoms with Crippen LogP contribution in [-0.2, 0) is 23.9 Å². The quantitative estimate of drug-likeness (QED) is 0.377. The molecule has 1 aromatic heterocycles. The minimum Gasteiger partial charge on any atom is -0.382 e. The molecule has 1 aliphatic heterocycles. The molecule has 3 N–H and O–H groups in total. The summed E-state index contributed by atoms with van der Waals surface area (Å²) in [4.78, 5) is 49.6. The van der Waals surface area contributed by atoms with Crippen LogP contribution in [-0.4, -0.2) is 73.2 Å². The minimum atomic E-state index is -1.05. The van der Waals surface area contributed by atoms with E-state index in [0.717, 1.165) is 0 Å². The molecule has 3 atom stereocenters. The van der Waals surface area contributed by atoms with Crippen LogP contribution < -0.4 is 16.0 Å². The highest BCUT2D eigenvalue weighted by Crippen LogP contribution is 2.29. The number of epoxide rings is 1. The van der Waals surface area contributed by atoms with Crippen molar-refractivity contribution < 1.29 is 33.2 Å². The van der Waals surface area contributed by atoms with Crippen LogP contribution in [0.15, 0.2) is 10.6 Å². The SMILES string of the molecule is COCC(NC(=O)c1cc(C)on1)C(=O)NCC(=O)NC(CC(C)C)C(=O)C1(C)CO1. The summed E-state index contributed by atoms with van der Waals surface area (Å²) in [6.45, 7) is 7.06. The average molecular weight is 438 g/mol. The maximum atomic E-state index is 12.6. The predicted octanol–water partition coefficient (Wildman–Crippen LogP) is -0.267. The summed E-state index contributed by atoms with van der Waals surface area (Å²) < 4.78 is 15.0. The highest BCUT2D eigenvalue weighted by molar-refractivity contribution is 5.98. The molecule has 1 aliphatic rings. The number of hydrogen-bond donors (Lipinski definition) is 3. The molecule has 0 spiro atoms. The second-order valence-corrected chi connectivity index (χ2v) is 8.16. The Morgan fingerprint density at radius 1 is 1.23 bits per heavy atom. The van der Waals surface area contributed by atoms with Crippen molar-refractivity contribution in [2.45, 2.75) is 51.8 Å². The van der Waals surface area contributed by atoms with E-state index in [-0.39, 0.29) is 30.5 Å². The second-order valence-electron chi connectivity index (χ2n) is 8.16. The summed E-state index contributed by atoms with van der Waals surface area (Å²) in [5.74, 6) is -1.31. The van der Waals surface area contributed by atoms with E-state index in [1.165, 1.54) is 13.2 Å². The van der Waals surface area contributed by atoms with Crippen LogP contribution in [0.5, 0.6) is 0 Å². The molecule has 3 amide bonds. The van der Waals surface area contributed by atoms with E-state index >= 15 is 0 Å². The Morgan fingerprint density at radius 2 is 1.90 bits per heavy atom. The van der Waals surface area contributed by atoms with E-state index in [2.05, 4.69) is 21.1 Å². The number of carbonyl (C=O) groups excluding carboxylic acids is 4. The van der Waals surface area contributed by atoms with Gasteiger partial charge in [0.15, 0.2) is 11.5 Å². The Balaban J connectivity index is 1.90. The monoisotopic (exact) mass is 438 g/mol. The first-order valence-electron chi connectivity index (χ1n) is 10.0. The fraction of sp³-hybridized carbons (Fsp3) is 0.650. The molecule has 11 nitrogen and oxygen atoms in total. The predicted molar refractivity (Wildman–Crippen MR) is 108 cm³/mol. The Kier molecular flexibility index (Phi) is 8.28. The van der Waals surface area contributed by atoms with Crippen molar-refractivity contribution in [3.05, 3.63) is 17.5 Å².